The molecule has 0 saturated heterocycles. The summed E-state index contributed by atoms with van der Waals surface area (Å²) in [6.45, 7) is 1.71. The maximum Gasteiger partial charge on any atom is 0.306 e. The van der Waals surface area contributed by atoms with Gasteiger partial charge in [-0.05, 0) is 59.8 Å². The Morgan fingerprint density at radius 2 is 2.00 bits per heavy atom. The number of halogens is 2. The van der Waals surface area contributed by atoms with Crippen LogP contribution in [0.2, 0.25) is 0 Å². The SMILES string of the molecule is Cc1cc(F)c(Br)cc1NC(=O)[C@@H]1CC[C@H](C(=O)O)C1. The van der Waals surface area contributed by atoms with Gasteiger partial charge in [0.1, 0.15) is 5.82 Å². The van der Waals surface area contributed by atoms with Crippen LogP contribution in [0.1, 0.15) is 24.8 Å². The fraction of sp³-hybridized carbons (Fsp3) is 0.429. The Morgan fingerprint density at radius 1 is 1.35 bits per heavy atom. The van der Waals surface area contributed by atoms with E-state index in [1.54, 1.807) is 6.92 Å². The van der Waals surface area contributed by atoms with Crippen molar-refractivity contribution in [1.82, 2.24) is 0 Å². The van der Waals surface area contributed by atoms with Gasteiger partial charge in [-0.25, -0.2) is 4.39 Å². The standard InChI is InChI=1S/C14H15BrFNO3/c1-7-4-11(16)10(15)6-12(7)17-13(18)8-2-3-9(5-8)14(19)20/h4,6,8-9H,2-3,5H2,1H3,(H,17,18)(H,19,20)/t8-,9+/m1/s1. The summed E-state index contributed by atoms with van der Waals surface area (Å²) in [5, 5.41) is 11.7. The normalized spacial score (nSPS) is 21.8. The highest BCUT2D eigenvalue weighted by Crippen LogP contribution is 2.32. The van der Waals surface area contributed by atoms with Gasteiger partial charge in [-0.15, -0.1) is 0 Å². The number of carbonyl (C=O) groups is 2. The van der Waals surface area contributed by atoms with Gasteiger partial charge in [-0.3, -0.25) is 9.59 Å². The molecule has 4 nitrogen and oxygen atoms in total. The predicted octanol–water partition coefficient (Wildman–Crippen LogP) is 3.34. The molecule has 0 bridgehead atoms. The van der Waals surface area contributed by atoms with E-state index in [1.165, 1.54) is 12.1 Å². The third-order valence-corrected chi connectivity index (χ3v) is 4.29. The summed E-state index contributed by atoms with van der Waals surface area (Å²) in [4.78, 5) is 23.0. The molecule has 2 atom stereocenters. The Hall–Kier alpha value is -1.43. The number of carboxylic acids is 1. The van der Waals surface area contributed by atoms with Crippen LogP contribution in [0.15, 0.2) is 16.6 Å². The van der Waals surface area contributed by atoms with E-state index in [9.17, 15) is 14.0 Å². The van der Waals surface area contributed by atoms with E-state index in [0.29, 0.717) is 30.5 Å². The highest BCUT2D eigenvalue weighted by molar-refractivity contribution is 9.10. The lowest BCUT2D eigenvalue weighted by molar-refractivity contribution is -0.141. The Morgan fingerprint density at radius 3 is 2.60 bits per heavy atom. The van der Waals surface area contributed by atoms with E-state index in [-0.39, 0.29) is 22.1 Å². The molecule has 1 fully saturated rings. The smallest absolute Gasteiger partial charge is 0.306 e. The third kappa shape index (κ3) is 3.17. The first-order valence-corrected chi connectivity index (χ1v) is 7.17. The molecule has 1 amide bonds. The number of hydrogen-bond acceptors (Lipinski definition) is 2. The highest BCUT2D eigenvalue weighted by atomic mass is 79.9. The maximum absolute atomic E-state index is 13.3. The van der Waals surface area contributed by atoms with Crippen molar-refractivity contribution in [2.75, 3.05) is 5.32 Å². The van der Waals surface area contributed by atoms with Crippen LogP contribution in [0.5, 0.6) is 0 Å². The average molecular weight is 344 g/mol. The van der Waals surface area contributed by atoms with Crippen LogP contribution in [0.4, 0.5) is 10.1 Å². The van der Waals surface area contributed by atoms with Crippen molar-refractivity contribution in [2.24, 2.45) is 11.8 Å². The molecule has 6 heteroatoms. The van der Waals surface area contributed by atoms with Gasteiger partial charge in [0.2, 0.25) is 5.91 Å². The number of aliphatic carboxylic acids is 1. The predicted molar refractivity (Wildman–Crippen MR) is 75.9 cm³/mol. The quantitative estimate of drug-likeness (QED) is 0.884. The van der Waals surface area contributed by atoms with E-state index >= 15 is 0 Å². The van der Waals surface area contributed by atoms with Crippen LogP contribution in [0, 0.1) is 24.6 Å². The number of amides is 1. The summed E-state index contributed by atoms with van der Waals surface area (Å²) in [6, 6.07) is 2.86. The Bertz CT molecular complexity index is 562. The minimum atomic E-state index is -0.846. The van der Waals surface area contributed by atoms with Crippen molar-refractivity contribution in [3.8, 4) is 0 Å². The maximum atomic E-state index is 13.3. The van der Waals surface area contributed by atoms with Gasteiger partial charge in [0.25, 0.3) is 0 Å². The van der Waals surface area contributed by atoms with Crippen LogP contribution >= 0.6 is 15.9 Å². The Kier molecular flexibility index (Phi) is 4.42. The van der Waals surface area contributed by atoms with Crippen LogP contribution in [0.25, 0.3) is 0 Å². The second-order valence-corrected chi connectivity index (χ2v) is 5.97. The van der Waals surface area contributed by atoms with E-state index in [4.69, 9.17) is 5.11 Å². The zero-order valence-corrected chi connectivity index (χ0v) is 12.5. The van der Waals surface area contributed by atoms with Crippen molar-refractivity contribution in [1.29, 1.82) is 0 Å². The van der Waals surface area contributed by atoms with Crippen LogP contribution in [-0.2, 0) is 9.59 Å². The van der Waals surface area contributed by atoms with Gasteiger partial charge in [-0.2, -0.15) is 0 Å². The Balaban J connectivity index is 2.06. The molecule has 1 saturated carbocycles. The number of benzene rings is 1. The number of carboxylic acid groups (broad SMARTS) is 1. The van der Waals surface area contributed by atoms with E-state index < -0.39 is 11.9 Å². The lowest BCUT2D eigenvalue weighted by Crippen LogP contribution is -2.22. The summed E-state index contributed by atoms with van der Waals surface area (Å²) in [7, 11) is 0. The first kappa shape index (κ1) is 15.0. The summed E-state index contributed by atoms with van der Waals surface area (Å²) in [5.41, 5.74) is 1.17. The largest absolute Gasteiger partial charge is 0.481 e. The first-order chi connectivity index (χ1) is 9.38. The van der Waals surface area contributed by atoms with Crippen LogP contribution < -0.4 is 5.32 Å². The van der Waals surface area contributed by atoms with Crippen molar-refractivity contribution >= 4 is 33.5 Å². The van der Waals surface area contributed by atoms with Crippen molar-refractivity contribution in [2.45, 2.75) is 26.2 Å². The topological polar surface area (TPSA) is 66.4 Å². The zero-order valence-electron chi connectivity index (χ0n) is 11.0. The molecule has 0 spiro atoms. The van der Waals surface area contributed by atoms with Crippen LogP contribution in [0.3, 0.4) is 0 Å². The molecule has 0 radical (unpaired) electrons. The van der Waals surface area contributed by atoms with Crippen molar-refractivity contribution in [3.05, 3.63) is 28.0 Å². The molecule has 1 aromatic carbocycles. The van der Waals surface area contributed by atoms with Gasteiger partial charge >= 0.3 is 5.97 Å². The molecule has 0 aromatic heterocycles. The van der Waals surface area contributed by atoms with Crippen LogP contribution in [-0.4, -0.2) is 17.0 Å². The summed E-state index contributed by atoms with van der Waals surface area (Å²) >= 11 is 3.08. The fourth-order valence-electron chi connectivity index (χ4n) is 2.46. The molecule has 2 N–H and O–H groups in total. The molecule has 0 unspecified atom stereocenters. The monoisotopic (exact) mass is 343 g/mol. The third-order valence-electron chi connectivity index (χ3n) is 3.68. The average Bonchev–Trinajstić information content (AvgIpc) is 2.85. The van der Waals surface area contributed by atoms with Gasteiger partial charge in [0.05, 0.1) is 10.4 Å². The summed E-state index contributed by atoms with van der Waals surface area (Å²) in [5.74, 6) is -2.16. The van der Waals surface area contributed by atoms with Gasteiger partial charge in [0.15, 0.2) is 0 Å². The molecule has 108 valence electrons. The van der Waals surface area contributed by atoms with E-state index in [2.05, 4.69) is 21.2 Å². The number of nitrogens with one attached hydrogen (secondary N) is 1. The molecule has 0 heterocycles. The molecule has 1 aliphatic carbocycles. The molecular weight excluding hydrogens is 329 g/mol. The van der Waals surface area contributed by atoms with Gasteiger partial charge < -0.3 is 10.4 Å². The molecule has 20 heavy (non-hydrogen) atoms. The minimum Gasteiger partial charge on any atom is -0.481 e. The second-order valence-electron chi connectivity index (χ2n) is 5.12. The van der Waals surface area contributed by atoms with Gasteiger partial charge in [-0.1, -0.05) is 0 Å². The second kappa shape index (κ2) is 5.91. The van der Waals surface area contributed by atoms with Gasteiger partial charge in [0, 0.05) is 11.6 Å². The number of hydrogen-bond donors (Lipinski definition) is 2. The number of aryl methyl sites for hydroxylation is 1. The minimum absolute atomic E-state index is 0.199. The lowest BCUT2D eigenvalue weighted by Gasteiger charge is -2.13. The van der Waals surface area contributed by atoms with E-state index in [1.807, 2.05) is 0 Å². The molecule has 0 aliphatic heterocycles. The molecule has 1 aliphatic rings. The number of anilines is 1. The molecule has 2 rings (SSSR count). The van der Waals surface area contributed by atoms with Crippen molar-refractivity contribution in [3.63, 3.8) is 0 Å². The lowest BCUT2D eigenvalue weighted by atomic mass is 10.0. The fourth-order valence-corrected chi connectivity index (χ4v) is 2.80. The Labute approximate surface area is 124 Å². The zero-order chi connectivity index (χ0) is 14.9. The molecular formula is C14H15BrFNO3. The van der Waals surface area contributed by atoms with E-state index in [0.717, 1.165) is 0 Å². The summed E-state index contributed by atoms with van der Waals surface area (Å²) in [6.07, 6.45) is 1.46. The highest BCUT2D eigenvalue weighted by Gasteiger charge is 2.33. The number of rotatable bonds is 3. The van der Waals surface area contributed by atoms with Crippen molar-refractivity contribution < 1.29 is 19.1 Å². The first-order valence-electron chi connectivity index (χ1n) is 6.37. The number of carbonyl (C=O) groups excluding carboxylic acids is 1. The molecule has 1 aromatic rings. The summed E-state index contributed by atoms with van der Waals surface area (Å²) < 4.78 is 13.6.